The van der Waals surface area contributed by atoms with Crippen LogP contribution in [0.4, 0.5) is 0 Å². The largest absolute Gasteiger partial charge is 0.356 e. The van der Waals surface area contributed by atoms with Gasteiger partial charge < -0.3 is 10.6 Å². The van der Waals surface area contributed by atoms with Crippen LogP contribution in [0.15, 0.2) is 30.3 Å². The maximum Gasteiger partial charge on any atom is 0.222 e. The lowest BCUT2D eigenvalue weighted by Gasteiger charge is -2.18. The van der Waals surface area contributed by atoms with Gasteiger partial charge in [0.1, 0.15) is 0 Å². The SMILES string of the molecule is CC(=O)N[C@@H](CC(=O)NC[C@@H]1CCS(=O)(=O)C1)c1ccccc1. The first-order valence-electron chi connectivity index (χ1n) is 7.65. The molecule has 1 aliphatic heterocycles. The van der Waals surface area contributed by atoms with Crippen LogP contribution in [0.2, 0.25) is 0 Å². The van der Waals surface area contributed by atoms with E-state index in [2.05, 4.69) is 10.6 Å². The summed E-state index contributed by atoms with van der Waals surface area (Å²) in [4.78, 5) is 23.5. The molecule has 1 heterocycles. The molecule has 1 aromatic rings. The summed E-state index contributed by atoms with van der Waals surface area (Å²) in [6.07, 6.45) is 0.722. The zero-order valence-corrected chi connectivity index (χ0v) is 13.9. The minimum atomic E-state index is -2.93. The molecule has 0 spiro atoms. The highest BCUT2D eigenvalue weighted by molar-refractivity contribution is 7.91. The molecule has 1 saturated heterocycles. The number of nitrogens with one attached hydrogen (secondary N) is 2. The second-order valence-electron chi connectivity index (χ2n) is 5.94. The number of rotatable bonds is 6. The van der Waals surface area contributed by atoms with E-state index in [9.17, 15) is 18.0 Å². The summed E-state index contributed by atoms with van der Waals surface area (Å²) in [5.74, 6) is -0.0713. The Labute approximate surface area is 136 Å². The van der Waals surface area contributed by atoms with Crippen molar-refractivity contribution in [2.24, 2.45) is 5.92 Å². The molecular formula is C16H22N2O4S. The first-order valence-corrected chi connectivity index (χ1v) is 9.47. The molecule has 0 saturated carbocycles. The van der Waals surface area contributed by atoms with Crippen molar-refractivity contribution in [3.8, 4) is 0 Å². The lowest BCUT2D eigenvalue weighted by Crippen LogP contribution is -2.35. The number of benzene rings is 1. The van der Waals surface area contributed by atoms with Crippen LogP contribution in [-0.2, 0) is 19.4 Å². The highest BCUT2D eigenvalue weighted by atomic mass is 32.2. The third-order valence-electron chi connectivity index (χ3n) is 3.88. The number of sulfone groups is 1. The molecule has 2 atom stereocenters. The monoisotopic (exact) mass is 338 g/mol. The fraction of sp³-hybridized carbons (Fsp3) is 0.500. The molecule has 23 heavy (non-hydrogen) atoms. The molecule has 2 N–H and O–H groups in total. The van der Waals surface area contributed by atoms with Gasteiger partial charge in [-0.15, -0.1) is 0 Å². The third-order valence-corrected chi connectivity index (χ3v) is 5.72. The summed E-state index contributed by atoms with van der Waals surface area (Å²) in [5.41, 5.74) is 0.862. The van der Waals surface area contributed by atoms with Crippen molar-refractivity contribution in [2.45, 2.75) is 25.8 Å². The lowest BCUT2D eigenvalue weighted by atomic mass is 10.0. The fourth-order valence-electron chi connectivity index (χ4n) is 2.73. The average Bonchev–Trinajstić information content (AvgIpc) is 2.84. The molecule has 2 rings (SSSR count). The van der Waals surface area contributed by atoms with Crippen molar-refractivity contribution in [2.75, 3.05) is 18.1 Å². The van der Waals surface area contributed by atoms with Crippen LogP contribution in [0, 0.1) is 5.92 Å². The van der Waals surface area contributed by atoms with Gasteiger partial charge in [0.25, 0.3) is 0 Å². The van der Waals surface area contributed by atoms with Gasteiger partial charge in [-0.25, -0.2) is 8.42 Å². The maximum absolute atomic E-state index is 12.1. The van der Waals surface area contributed by atoms with Gasteiger partial charge in [-0.05, 0) is 17.9 Å². The molecule has 0 radical (unpaired) electrons. The van der Waals surface area contributed by atoms with Crippen LogP contribution in [-0.4, -0.2) is 38.3 Å². The topological polar surface area (TPSA) is 92.3 Å². The molecule has 7 heteroatoms. The molecule has 2 amide bonds. The Bertz CT molecular complexity index is 658. The molecule has 0 aromatic heterocycles. The molecule has 0 bridgehead atoms. The van der Waals surface area contributed by atoms with E-state index in [-0.39, 0.29) is 41.7 Å². The summed E-state index contributed by atoms with van der Waals surface area (Å²) in [7, 11) is -2.93. The van der Waals surface area contributed by atoms with Gasteiger partial charge in [0.05, 0.1) is 24.0 Å². The molecule has 1 aromatic carbocycles. The van der Waals surface area contributed by atoms with Crippen LogP contribution in [0.3, 0.4) is 0 Å². The van der Waals surface area contributed by atoms with Crippen LogP contribution >= 0.6 is 0 Å². The van der Waals surface area contributed by atoms with E-state index < -0.39 is 9.84 Å². The Morgan fingerprint density at radius 1 is 1.26 bits per heavy atom. The van der Waals surface area contributed by atoms with Crippen molar-refractivity contribution >= 4 is 21.7 Å². The number of carbonyl (C=O) groups is 2. The second kappa shape index (κ2) is 7.59. The van der Waals surface area contributed by atoms with Crippen LogP contribution in [0.25, 0.3) is 0 Å². The van der Waals surface area contributed by atoms with Gasteiger partial charge in [0.15, 0.2) is 9.84 Å². The minimum absolute atomic E-state index is 0.0140. The third kappa shape index (κ3) is 5.67. The highest BCUT2D eigenvalue weighted by Gasteiger charge is 2.28. The molecule has 0 aliphatic carbocycles. The Hall–Kier alpha value is -1.89. The van der Waals surface area contributed by atoms with Gasteiger partial charge >= 0.3 is 0 Å². The van der Waals surface area contributed by atoms with Gasteiger partial charge in [0, 0.05) is 13.5 Å². The zero-order valence-electron chi connectivity index (χ0n) is 13.1. The van der Waals surface area contributed by atoms with Crippen molar-refractivity contribution < 1.29 is 18.0 Å². The zero-order chi connectivity index (χ0) is 16.9. The van der Waals surface area contributed by atoms with Gasteiger partial charge in [-0.3, -0.25) is 9.59 Å². The predicted molar refractivity (Wildman–Crippen MR) is 87.4 cm³/mol. The number of amides is 2. The number of hydrogen-bond donors (Lipinski definition) is 2. The van der Waals surface area contributed by atoms with E-state index in [1.807, 2.05) is 30.3 Å². The standard InChI is InChI=1S/C16H22N2O4S/c1-12(19)18-15(14-5-3-2-4-6-14)9-16(20)17-10-13-7-8-23(21,22)11-13/h2-6,13,15H,7-11H2,1H3,(H,17,20)(H,18,19)/t13-,15-/m0/s1. The molecule has 1 fully saturated rings. The summed E-state index contributed by atoms with van der Waals surface area (Å²) in [5, 5.41) is 5.55. The Kier molecular flexibility index (Phi) is 5.76. The normalized spacial score (nSPS) is 20.7. The van der Waals surface area contributed by atoms with E-state index in [0.29, 0.717) is 13.0 Å². The van der Waals surface area contributed by atoms with Crippen molar-refractivity contribution in [3.63, 3.8) is 0 Å². The van der Waals surface area contributed by atoms with Gasteiger partial charge in [-0.2, -0.15) is 0 Å². The van der Waals surface area contributed by atoms with Crippen LogP contribution < -0.4 is 10.6 Å². The summed E-state index contributed by atoms with van der Waals surface area (Å²) < 4.78 is 22.8. The fourth-order valence-corrected chi connectivity index (χ4v) is 4.59. The summed E-state index contributed by atoms with van der Waals surface area (Å²) >= 11 is 0. The van der Waals surface area contributed by atoms with Gasteiger partial charge in [-0.1, -0.05) is 30.3 Å². The number of hydrogen-bond acceptors (Lipinski definition) is 4. The first-order chi connectivity index (χ1) is 10.9. The molecular weight excluding hydrogens is 316 g/mol. The lowest BCUT2D eigenvalue weighted by molar-refractivity contribution is -0.122. The molecule has 0 unspecified atom stereocenters. The number of carbonyl (C=O) groups excluding carboxylic acids is 2. The summed E-state index contributed by atoms with van der Waals surface area (Å²) in [6.45, 7) is 1.77. The molecule has 1 aliphatic rings. The smallest absolute Gasteiger partial charge is 0.222 e. The van der Waals surface area contributed by atoms with Gasteiger partial charge in [0.2, 0.25) is 11.8 Å². The molecule has 126 valence electrons. The highest BCUT2D eigenvalue weighted by Crippen LogP contribution is 2.19. The van der Waals surface area contributed by atoms with E-state index in [1.54, 1.807) is 0 Å². The van der Waals surface area contributed by atoms with Crippen molar-refractivity contribution in [1.29, 1.82) is 0 Å². The van der Waals surface area contributed by atoms with Crippen LogP contribution in [0.5, 0.6) is 0 Å². The molecule has 6 nitrogen and oxygen atoms in total. The maximum atomic E-state index is 12.1. The van der Waals surface area contributed by atoms with Crippen molar-refractivity contribution in [1.82, 2.24) is 10.6 Å². The van der Waals surface area contributed by atoms with Crippen LogP contribution in [0.1, 0.15) is 31.4 Å². The summed E-state index contributed by atoms with van der Waals surface area (Å²) in [6, 6.07) is 8.90. The van der Waals surface area contributed by atoms with Crippen molar-refractivity contribution in [3.05, 3.63) is 35.9 Å². The minimum Gasteiger partial charge on any atom is -0.356 e. The average molecular weight is 338 g/mol. The van der Waals surface area contributed by atoms with E-state index in [0.717, 1.165) is 5.56 Å². The van der Waals surface area contributed by atoms with E-state index in [1.165, 1.54) is 6.92 Å². The Balaban J connectivity index is 1.89. The van der Waals surface area contributed by atoms with E-state index in [4.69, 9.17) is 0 Å². The van der Waals surface area contributed by atoms with E-state index >= 15 is 0 Å². The second-order valence-corrected chi connectivity index (χ2v) is 8.17. The Morgan fingerprint density at radius 3 is 2.52 bits per heavy atom. The quantitative estimate of drug-likeness (QED) is 0.803. The predicted octanol–water partition coefficient (Wildman–Crippen LogP) is 0.805. The Morgan fingerprint density at radius 2 is 1.96 bits per heavy atom. The first kappa shape index (κ1) is 17.5.